The Morgan fingerprint density at radius 3 is 1.39 bits per heavy atom. The van der Waals surface area contributed by atoms with Crippen LogP contribution in [-0.4, -0.2) is 16.4 Å². The Kier molecular flexibility index (Phi) is 17.5. The largest absolute Gasteiger partial charge is 0.328 e. The lowest BCUT2D eigenvalue weighted by molar-refractivity contribution is 0.248. The van der Waals surface area contributed by atoms with Crippen molar-refractivity contribution in [1.29, 1.82) is 0 Å². The van der Waals surface area contributed by atoms with Gasteiger partial charge in [0.1, 0.15) is 0 Å². The van der Waals surface area contributed by atoms with Crippen molar-refractivity contribution in [1.82, 2.24) is 0 Å². The van der Waals surface area contributed by atoms with Crippen LogP contribution in [0.5, 0.6) is 0 Å². The van der Waals surface area contributed by atoms with Crippen LogP contribution in [0.25, 0.3) is 0 Å². The Balaban J connectivity index is 2.00. The van der Waals surface area contributed by atoms with Crippen molar-refractivity contribution in [2.24, 2.45) is 0 Å². The molecule has 1 aromatic rings. The summed E-state index contributed by atoms with van der Waals surface area (Å²) in [6, 6.07) is 7.24. The van der Waals surface area contributed by atoms with E-state index in [9.17, 15) is 0 Å². The molecule has 0 fully saturated rings. The molecule has 0 amide bonds. The van der Waals surface area contributed by atoms with Gasteiger partial charge in [0.25, 0.3) is 0 Å². The number of hydrogen-bond acceptors (Lipinski definition) is 3. The molecule has 0 aliphatic rings. The van der Waals surface area contributed by atoms with Crippen molar-refractivity contribution < 1.29 is 14.3 Å². The van der Waals surface area contributed by atoms with Gasteiger partial charge in [-0.05, 0) is 46.8 Å². The second kappa shape index (κ2) is 18.7. The minimum absolute atomic E-state index is 0.208. The lowest BCUT2D eigenvalue weighted by Gasteiger charge is -2.27. The summed E-state index contributed by atoms with van der Waals surface area (Å²) in [5.74, 6) is 0. The first-order valence-corrected chi connectivity index (χ1v) is 16.1. The molecule has 0 aliphatic heterocycles. The summed E-state index contributed by atoms with van der Waals surface area (Å²) in [5.41, 5.74) is 4.98. The van der Waals surface area contributed by atoms with Gasteiger partial charge < -0.3 is 14.3 Å². The molecule has 0 aromatic heterocycles. The van der Waals surface area contributed by atoms with Crippen LogP contribution in [0.2, 0.25) is 0 Å². The van der Waals surface area contributed by atoms with Crippen LogP contribution in [0.4, 0.5) is 0 Å². The summed E-state index contributed by atoms with van der Waals surface area (Å²) >= 11 is 0. The molecule has 0 saturated carbocycles. The van der Waals surface area contributed by atoms with E-state index >= 15 is 0 Å². The van der Waals surface area contributed by atoms with Crippen molar-refractivity contribution in [3.63, 3.8) is 0 Å². The van der Waals surface area contributed by atoms with Crippen molar-refractivity contribution >= 4 is 8.60 Å². The van der Waals surface area contributed by atoms with E-state index in [1.807, 2.05) is 0 Å². The summed E-state index contributed by atoms with van der Waals surface area (Å²) in [7, 11) is -2.16. The quantitative estimate of drug-likeness (QED) is 0.132. The predicted molar refractivity (Wildman–Crippen MR) is 159 cm³/mol. The third kappa shape index (κ3) is 16.4. The van der Waals surface area contributed by atoms with Crippen LogP contribution in [0.3, 0.4) is 0 Å². The molecular formula is C32H59O3P. The Labute approximate surface area is 225 Å². The molecule has 3 nitrogen and oxygen atoms in total. The molecule has 0 aliphatic carbocycles. The van der Waals surface area contributed by atoms with Crippen molar-refractivity contribution in [2.45, 2.75) is 162 Å². The van der Waals surface area contributed by atoms with Gasteiger partial charge in [0.15, 0.2) is 0 Å². The fourth-order valence-corrected chi connectivity index (χ4v) is 5.29. The summed E-state index contributed by atoms with van der Waals surface area (Å²) in [4.78, 5) is 17.3. The van der Waals surface area contributed by atoms with E-state index in [2.05, 4.69) is 59.7 Å². The third-order valence-electron chi connectivity index (χ3n) is 7.33. The van der Waals surface area contributed by atoms with Gasteiger partial charge in [-0.3, -0.25) is 0 Å². The highest BCUT2D eigenvalue weighted by Crippen LogP contribution is 2.32. The van der Waals surface area contributed by atoms with E-state index in [0.29, 0.717) is 6.61 Å². The Hall–Kier alpha value is -0.470. The molecule has 0 radical (unpaired) electrons. The highest BCUT2D eigenvalue weighted by atomic mass is 31.2. The summed E-state index contributed by atoms with van der Waals surface area (Å²) < 4.78 is 4.78. The van der Waals surface area contributed by atoms with Gasteiger partial charge in [0, 0.05) is 0 Å². The van der Waals surface area contributed by atoms with Gasteiger partial charge in [-0.25, -0.2) is 0 Å². The van der Waals surface area contributed by atoms with E-state index in [-0.39, 0.29) is 10.8 Å². The van der Waals surface area contributed by atoms with Crippen LogP contribution < -0.4 is 0 Å². The summed E-state index contributed by atoms with van der Waals surface area (Å²) in [5, 5.41) is 0. The number of benzene rings is 1. The van der Waals surface area contributed by atoms with Crippen molar-refractivity contribution in [3.8, 4) is 0 Å². The van der Waals surface area contributed by atoms with Crippen LogP contribution in [0, 0.1) is 0 Å². The predicted octanol–water partition coefficient (Wildman–Crippen LogP) is 10.3. The minimum atomic E-state index is -2.16. The summed E-state index contributed by atoms with van der Waals surface area (Å²) in [6.45, 7) is 14.5. The van der Waals surface area contributed by atoms with Crippen LogP contribution in [-0.2, 0) is 21.8 Å². The zero-order chi connectivity index (χ0) is 26.9. The van der Waals surface area contributed by atoms with Crippen molar-refractivity contribution in [2.75, 3.05) is 6.61 Å². The van der Waals surface area contributed by atoms with E-state index in [0.717, 1.165) is 12.8 Å². The van der Waals surface area contributed by atoms with Gasteiger partial charge in [0.05, 0.1) is 6.61 Å². The van der Waals surface area contributed by atoms with E-state index in [1.165, 1.54) is 102 Å². The lowest BCUT2D eigenvalue weighted by atomic mass is 9.77. The van der Waals surface area contributed by atoms with Gasteiger partial charge in [0.2, 0.25) is 0 Å². The molecule has 0 saturated heterocycles. The lowest BCUT2D eigenvalue weighted by Crippen LogP contribution is -2.18. The minimum Gasteiger partial charge on any atom is -0.328 e. The van der Waals surface area contributed by atoms with Gasteiger partial charge >= 0.3 is 8.60 Å². The van der Waals surface area contributed by atoms with E-state index in [4.69, 9.17) is 14.3 Å². The smallest absolute Gasteiger partial charge is 0.327 e. The Morgan fingerprint density at radius 2 is 1.00 bits per heavy atom. The van der Waals surface area contributed by atoms with E-state index in [1.54, 1.807) is 11.1 Å². The second-order valence-electron chi connectivity index (χ2n) is 12.9. The molecule has 2 N–H and O–H groups in total. The SMILES string of the molecule is CC(C)(C)c1ccc(CCCCCCCCCCCCCCCCCCOP(O)O)c(C(C)(C)C)c1. The first-order valence-electron chi connectivity index (χ1n) is 15.0. The fraction of sp³-hybridized carbons (Fsp3) is 0.812. The molecule has 210 valence electrons. The van der Waals surface area contributed by atoms with Crippen LogP contribution >= 0.6 is 8.60 Å². The highest BCUT2D eigenvalue weighted by Gasteiger charge is 2.21. The highest BCUT2D eigenvalue weighted by molar-refractivity contribution is 7.39. The third-order valence-corrected chi connectivity index (χ3v) is 7.74. The topological polar surface area (TPSA) is 49.7 Å². The number of rotatable bonds is 20. The van der Waals surface area contributed by atoms with E-state index < -0.39 is 8.60 Å². The zero-order valence-electron chi connectivity index (χ0n) is 24.7. The molecule has 0 heterocycles. The fourth-order valence-electron chi connectivity index (χ4n) is 5.00. The molecule has 1 rings (SSSR count). The average molecular weight is 523 g/mol. The van der Waals surface area contributed by atoms with Crippen LogP contribution in [0.15, 0.2) is 18.2 Å². The first-order chi connectivity index (χ1) is 17.0. The van der Waals surface area contributed by atoms with Gasteiger partial charge in [-0.2, -0.15) is 0 Å². The van der Waals surface area contributed by atoms with Gasteiger partial charge in [-0.1, -0.05) is 150 Å². The standard InChI is InChI=1S/C32H59O3P/c1-31(2,3)29-25-24-28(30(27-29)32(4,5)6)23-21-19-17-15-13-11-9-7-8-10-12-14-16-18-20-22-26-35-36(33)34/h24-25,27,33-34H,7-23,26H2,1-6H3. The second-order valence-corrected chi connectivity index (χ2v) is 13.6. The molecule has 1 aromatic carbocycles. The maximum atomic E-state index is 8.67. The molecule has 0 unspecified atom stereocenters. The Morgan fingerprint density at radius 1 is 0.583 bits per heavy atom. The average Bonchev–Trinajstić information content (AvgIpc) is 2.79. The maximum Gasteiger partial charge on any atom is 0.327 e. The molecule has 4 heteroatoms. The first kappa shape index (κ1) is 33.6. The monoisotopic (exact) mass is 522 g/mol. The number of hydrogen-bond donors (Lipinski definition) is 2. The van der Waals surface area contributed by atoms with Crippen LogP contribution in [0.1, 0.15) is 161 Å². The molecule has 0 bridgehead atoms. The molecule has 0 spiro atoms. The number of aryl methyl sites for hydroxylation is 1. The molecular weight excluding hydrogens is 463 g/mol. The number of unbranched alkanes of at least 4 members (excludes halogenated alkanes) is 15. The normalized spacial score (nSPS) is 12.6. The molecule has 0 atom stereocenters. The maximum absolute atomic E-state index is 8.67. The molecule has 36 heavy (non-hydrogen) atoms. The summed E-state index contributed by atoms with van der Waals surface area (Å²) in [6.07, 6.45) is 22.4. The van der Waals surface area contributed by atoms with Crippen molar-refractivity contribution in [3.05, 3.63) is 34.9 Å². The Bertz CT molecular complexity index is 673. The zero-order valence-corrected chi connectivity index (χ0v) is 25.6. The van der Waals surface area contributed by atoms with Gasteiger partial charge in [-0.15, -0.1) is 0 Å².